The highest BCUT2D eigenvalue weighted by molar-refractivity contribution is 8.01. The number of benzene rings is 1. The van der Waals surface area contributed by atoms with Gasteiger partial charge in [-0.3, -0.25) is 4.79 Å². The first kappa shape index (κ1) is 14.8. The minimum Gasteiger partial charge on any atom is -0.293 e. The molecule has 0 fully saturated rings. The molecule has 0 aliphatic heterocycles. The van der Waals surface area contributed by atoms with Crippen molar-refractivity contribution in [3.8, 4) is 0 Å². The minimum atomic E-state index is -0.355. The number of hydrogen-bond acceptors (Lipinski definition) is 7. The Morgan fingerprint density at radius 2 is 2.09 bits per heavy atom. The van der Waals surface area contributed by atoms with E-state index in [1.165, 1.54) is 53.7 Å². The molecule has 2 heterocycles. The molecule has 22 heavy (non-hydrogen) atoms. The predicted molar refractivity (Wildman–Crippen MR) is 80.5 cm³/mol. The second kappa shape index (κ2) is 6.75. The number of nitrogens with zero attached hydrogens (tertiary/aromatic N) is 5. The average Bonchev–Trinajstić information content (AvgIpc) is 3.18. The van der Waals surface area contributed by atoms with E-state index in [0.717, 1.165) is 5.01 Å². The van der Waals surface area contributed by atoms with Crippen molar-refractivity contribution in [3.63, 3.8) is 0 Å². The summed E-state index contributed by atoms with van der Waals surface area (Å²) < 4.78 is 15.2. The van der Waals surface area contributed by atoms with Crippen molar-refractivity contribution in [1.29, 1.82) is 0 Å². The van der Waals surface area contributed by atoms with Gasteiger partial charge in [0, 0.05) is 5.56 Å². The van der Waals surface area contributed by atoms with E-state index in [0.29, 0.717) is 16.4 Å². The van der Waals surface area contributed by atoms with Crippen LogP contribution in [0.2, 0.25) is 0 Å². The molecule has 6 nitrogen and oxygen atoms in total. The summed E-state index contributed by atoms with van der Waals surface area (Å²) >= 11 is 2.73. The van der Waals surface area contributed by atoms with Crippen molar-refractivity contribution >= 4 is 28.9 Å². The smallest absolute Gasteiger partial charge is 0.174 e. The lowest BCUT2D eigenvalue weighted by molar-refractivity contribution is 0.102. The number of halogens is 1. The van der Waals surface area contributed by atoms with E-state index in [4.69, 9.17) is 0 Å². The highest BCUT2D eigenvalue weighted by atomic mass is 32.2. The molecule has 0 saturated carbocycles. The number of aromatic nitrogens is 5. The predicted octanol–water partition coefficient (Wildman–Crippen LogP) is 2.29. The molecule has 112 valence electrons. The van der Waals surface area contributed by atoms with E-state index in [1.807, 2.05) is 0 Å². The summed E-state index contributed by atoms with van der Waals surface area (Å²) in [5.41, 5.74) is 0.487. The summed E-state index contributed by atoms with van der Waals surface area (Å²) in [5.74, 6) is -0.187. The molecule has 0 radical (unpaired) electrons. The largest absolute Gasteiger partial charge is 0.293 e. The quantitative estimate of drug-likeness (QED) is 0.508. The van der Waals surface area contributed by atoms with Gasteiger partial charge in [0.05, 0.1) is 12.3 Å². The highest BCUT2D eigenvalue weighted by Gasteiger charge is 2.10. The number of hydrogen-bond donors (Lipinski definition) is 0. The molecule has 0 aliphatic rings. The summed E-state index contributed by atoms with van der Waals surface area (Å²) in [7, 11) is 0. The fourth-order valence-corrected chi connectivity index (χ4v) is 3.44. The molecule has 0 spiro atoms. The molecule has 3 aromatic rings. The van der Waals surface area contributed by atoms with Crippen molar-refractivity contribution < 1.29 is 9.18 Å². The molecule has 0 bridgehead atoms. The Labute approximate surface area is 133 Å². The van der Waals surface area contributed by atoms with Gasteiger partial charge in [-0.05, 0) is 24.3 Å². The van der Waals surface area contributed by atoms with Crippen LogP contribution in [-0.2, 0) is 6.54 Å². The first-order valence-electron chi connectivity index (χ1n) is 6.27. The van der Waals surface area contributed by atoms with E-state index >= 15 is 0 Å². The van der Waals surface area contributed by atoms with Crippen LogP contribution in [0.25, 0.3) is 0 Å². The zero-order chi connectivity index (χ0) is 15.4. The van der Waals surface area contributed by atoms with Crippen LogP contribution < -0.4 is 0 Å². The van der Waals surface area contributed by atoms with Crippen molar-refractivity contribution in [2.24, 2.45) is 0 Å². The molecule has 3 rings (SSSR count). The number of carbonyl (C=O) groups is 1. The summed E-state index contributed by atoms with van der Waals surface area (Å²) in [6.45, 7) is 0.504. The first-order chi connectivity index (χ1) is 10.7. The summed E-state index contributed by atoms with van der Waals surface area (Å²) in [5, 5.41) is 12.9. The van der Waals surface area contributed by atoms with Gasteiger partial charge in [-0.15, -0.1) is 10.2 Å². The molecule has 2 aromatic heterocycles. The summed E-state index contributed by atoms with van der Waals surface area (Å²) in [4.78, 5) is 15.8. The molecule has 1 aromatic carbocycles. The molecule has 0 saturated heterocycles. The van der Waals surface area contributed by atoms with Gasteiger partial charge in [0.15, 0.2) is 10.1 Å². The fourth-order valence-electron chi connectivity index (χ4n) is 1.66. The third-order valence-electron chi connectivity index (χ3n) is 2.71. The van der Waals surface area contributed by atoms with Crippen LogP contribution in [-0.4, -0.2) is 36.5 Å². The van der Waals surface area contributed by atoms with Crippen molar-refractivity contribution in [1.82, 2.24) is 25.0 Å². The Morgan fingerprint density at radius 1 is 1.27 bits per heavy atom. The Hall–Kier alpha value is -2.13. The number of ketones is 1. The summed E-state index contributed by atoms with van der Waals surface area (Å²) in [6, 6.07) is 5.51. The van der Waals surface area contributed by atoms with Gasteiger partial charge < -0.3 is 0 Å². The maximum Gasteiger partial charge on any atom is 0.174 e. The monoisotopic (exact) mass is 335 g/mol. The maximum atomic E-state index is 12.8. The topological polar surface area (TPSA) is 73.6 Å². The van der Waals surface area contributed by atoms with Gasteiger partial charge in [-0.2, -0.15) is 5.10 Å². The van der Waals surface area contributed by atoms with Crippen LogP contribution in [0.15, 0.2) is 41.3 Å². The van der Waals surface area contributed by atoms with Gasteiger partial charge in [-0.1, -0.05) is 23.1 Å². The lowest BCUT2D eigenvalue weighted by Crippen LogP contribution is -2.01. The van der Waals surface area contributed by atoms with Crippen LogP contribution in [0.4, 0.5) is 4.39 Å². The Balaban J connectivity index is 1.56. The molecule has 0 N–H and O–H groups in total. The Bertz CT molecular complexity index is 757. The molecular formula is C13H10FN5OS2. The molecule has 0 atom stereocenters. The lowest BCUT2D eigenvalue weighted by atomic mass is 10.1. The molecular weight excluding hydrogens is 325 g/mol. The van der Waals surface area contributed by atoms with E-state index in [1.54, 1.807) is 11.0 Å². The highest BCUT2D eigenvalue weighted by Crippen LogP contribution is 2.23. The second-order valence-electron chi connectivity index (χ2n) is 4.27. The fraction of sp³-hybridized carbons (Fsp3) is 0.154. The molecule has 0 amide bonds. The van der Waals surface area contributed by atoms with Gasteiger partial charge >= 0.3 is 0 Å². The number of rotatable bonds is 6. The standard InChI is InChI=1S/C13H10FN5OS2/c14-10-3-1-9(2-4-10)11(20)6-21-13-18-17-12(22-13)5-19-8-15-7-16-19/h1-4,7-8H,5-6H2. The third-order valence-corrected chi connectivity index (χ3v) is 4.75. The van der Waals surface area contributed by atoms with E-state index < -0.39 is 0 Å². The number of Topliss-reactive ketones (excluding diaryl/α,β-unsaturated/α-hetero) is 1. The molecule has 9 heteroatoms. The SMILES string of the molecule is O=C(CSc1nnc(Cn2cncn2)s1)c1ccc(F)cc1. The van der Waals surface area contributed by atoms with E-state index in [2.05, 4.69) is 20.3 Å². The van der Waals surface area contributed by atoms with E-state index in [9.17, 15) is 9.18 Å². The normalized spacial score (nSPS) is 10.8. The minimum absolute atomic E-state index is 0.0713. The molecule has 0 unspecified atom stereocenters. The van der Waals surface area contributed by atoms with Crippen LogP contribution in [0.3, 0.4) is 0 Å². The van der Waals surface area contributed by atoms with Crippen molar-refractivity contribution in [2.45, 2.75) is 10.9 Å². The third kappa shape index (κ3) is 3.74. The molecule has 0 aliphatic carbocycles. The van der Waals surface area contributed by atoms with E-state index in [-0.39, 0.29) is 17.4 Å². The average molecular weight is 335 g/mol. The zero-order valence-corrected chi connectivity index (χ0v) is 12.9. The van der Waals surface area contributed by atoms with Gasteiger partial charge in [0.2, 0.25) is 0 Å². The van der Waals surface area contributed by atoms with Crippen molar-refractivity contribution in [3.05, 3.63) is 53.3 Å². The second-order valence-corrected chi connectivity index (χ2v) is 6.56. The van der Waals surface area contributed by atoms with Crippen LogP contribution >= 0.6 is 23.1 Å². The Kier molecular flexibility index (Phi) is 4.54. The lowest BCUT2D eigenvalue weighted by Gasteiger charge is -1.98. The van der Waals surface area contributed by atoms with Gasteiger partial charge in [-0.25, -0.2) is 14.1 Å². The zero-order valence-electron chi connectivity index (χ0n) is 11.2. The first-order valence-corrected chi connectivity index (χ1v) is 8.07. The van der Waals surface area contributed by atoms with Crippen LogP contribution in [0.5, 0.6) is 0 Å². The number of carbonyl (C=O) groups excluding carboxylic acids is 1. The number of thioether (sulfide) groups is 1. The van der Waals surface area contributed by atoms with Crippen LogP contribution in [0.1, 0.15) is 15.4 Å². The van der Waals surface area contributed by atoms with Gasteiger partial charge in [0.25, 0.3) is 0 Å². The van der Waals surface area contributed by atoms with Gasteiger partial charge in [0.1, 0.15) is 23.5 Å². The summed E-state index contributed by atoms with van der Waals surface area (Å²) in [6.07, 6.45) is 3.06. The van der Waals surface area contributed by atoms with Crippen LogP contribution in [0, 0.1) is 5.82 Å². The Morgan fingerprint density at radius 3 is 2.82 bits per heavy atom. The van der Waals surface area contributed by atoms with Crippen molar-refractivity contribution in [2.75, 3.05) is 5.75 Å². The maximum absolute atomic E-state index is 12.8.